The van der Waals surface area contributed by atoms with Crippen LogP contribution in [0.15, 0.2) is 140 Å². The van der Waals surface area contributed by atoms with Gasteiger partial charge >= 0.3 is 0 Å². The summed E-state index contributed by atoms with van der Waals surface area (Å²) >= 11 is 0. The number of fused-ring (bicyclic) bond motifs is 6. The molecule has 0 amide bonds. The van der Waals surface area contributed by atoms with Gasteiger partial charge in [-0.15, -0.1) is 0 Å². The molecular weight excluding hydrogens is 502 g/mol. The summed E-state index contributed by atoms with van der Waals surface area (Å²) in [6.45, 7) is 0. The number of nitrogens with zero attached hydrogens (tertiary/aromatic N) is 1. The van der Waals surface area contributed by atoms with E-state index in [1.54, 1.807) is 0 Å². The van der Waals surface area contributed by atoms with Crippen LogP contribution in [-0.4, -0.2) is 16.0 Å². The molecule has 6 aromatic carbocycles. The van der Waals surface area contributed by atoms with Crippen LogP contribution in [0.5, 0.6) is 0 Å². The van der Waals surface area contributed by atoms with Crippen molar-refractivity contribution in [2.75, 3.05) is 0 Å². The van der Waals surface area contributed by atoms with Crippen molar-refractivity contribution in [1.29, 1.82) is 0 Å². The molecule has 3 nitrogen and oxygen atoms in total. The molecule has 0 N–H and O–H groups in total. The van der Waals surface area contributed by atoms with Gasteiger partial charge in [-0.3, -0.25) is 9.59 Å². The van der Waals surface area contributed by atoms with Crippen LogP contribution in [0.4, 0.5) is 0 Å². The van der Waals surface area contributed by atoms with Gasteiger partial charge in [0.15, 0.2) is 11.6 Å². The number of aromatic nitrogens is 1. The lowest BCUT2D eigenvalue weighted by atomic mass is 9.97. The topological polar surface area (TPSA) is 38.5 Å². The predicted molar refractivity (Wildman–Crippen MR) is 166 cm³/mol. The molecule has 0 aliphatic rings. The van der Waals surface area contributed by atoms with E-state index in [9.17, 15) is 9.59 Å². The van der Waals surface area contributed by atoms with Gasteiger partial charge in [0.05, 0.1) is 16.6 Å². The van der Waals surface area contributed by atoms with Gasteiger partial charge in [-0.05, 0) is 35.4 Å². The van der Waals surface area contributed by atoms with Crippen molar-refractivity contribution in [1.82, 2.24) is 4.40 Å². The Hall–Kier alpha value is -5.54. The van der Waals surface area contributed by atoms with Crippen molar-refractivity contribution in [3.8, 4) is 11.1 Å². The molecular formula is C38H23NO2. The molecule has 0 unspecified atom stereocenters. The molecule has 41 heavy (non-hydrogen) atoms. The highest BCUT2D eigenvalue weighted by molar-refractivity contribution is 6.26. The minimum absolute atomic E-state index is 0.0121. The fourth-order valence-corrected chi connectivity index (χ4v) is 6.14. The Bertz CT molecular complexity index is 2120. The Morgan fingerprint density at radius 3 is 1.29 bits per heavy atom. The van der Waals surface area contributed by atoms with Gasteiger partial charge in [-0.25, -0.2) is 0 Å². The van der Waals surface area contributed by atoms with E-state index in [1.807, 2.05) is 91.0 Å². The number of hydrogen-bond donors (Lipinski definition) is 0. The second kappa shape index (κ2) is 9.00. The van der Waals surface area contributed by atoms with Crippen molar-refractivity contribution in [3.05, 3.63) is 162 Å². The second-order valence-corrected chi connectivity index (χ2v) is 10.5. The van der Waals surface area contributed by atoms with Crippen LogP contribution in [0, 0.1) is 0 Å². The van der Waals surface area contributed by atoms with Crippen molar-refractivity contribution < 1.29 is 9.59 Å². The van der Waals surface area contributed by atoms with Crippen LogP contribution in [0.1, 0.15) is 31.8 Å². The molecule has 0 saturated carbocycles. The maximum atomic E-state index is 13.4. The van der Waals surface area contributed by atoms with Gasteiger partial charge in [0, 0.05) is 43.8 Å². The third kappa shape index (κ3) is 3.60. The first kappa shape index (κ1) is 23.4. The first-order chi connectivity index (χ1) is 20.2. The van der Waals surface area contributed by atoms with E-state index in [2.05, 4.69) is 52.9 Å². The number of rotatable bonds is 5. The van der Waals surface area contributed by atoms with Crippen LogP contribution in [0.2, 0.25) is 0 Å². The number of carbonyl (C=O) groups is 2. The van der Waals surface area contributed by atoms with E-state index in [1.165, 1.54) is 0 Å². The highest BCUT2D eigenvalue weighted by Crippen LogP contribution is 2.42. The van der Waals surface area contributed by atoms with Gasteiger partial charge in [0.2, 0.25) is 0 Å². The SMILES string of the molecule is O=C(c1ccccc1)c1ccc2c3cc(-c4ccccc4)cc4c5ccc(C(=O)c6ccccc6)cc5n(c2c1)c34. The van der Waals surface area contributed by atoms with Crippen LogP contribution < -0.4 is 0 Å². The molecule has 2 aromatic heterocycles. The quantitative estimate of drug-likeness (QED) is 0.210. The van der Waals surface area contributed by atoms with Crippen LogP contribution >= 0.6 is 0 Å². The Morgan fingerprint density at radius 2 is 0.829 bits per heavy atom. The normalized spacial score (nSPS) is 11.6. The molecule has 8 aromatic rings. The molecule has 0 aliphatic heterocycles. The van der Waals surface area contributed by atoms with E-state index >= 15 is 0 Å². The van der Waals surface area contributed by atoms with Crippen molar-refractivity contribution in [2.45, 2.75) is 0 Å². The molecule has 0 fully saturated rings. The summed E-state index contributed by atoms with van der Waals surface area (Å²) in [6, 6.07) is 45.6. The first-order valence-corrected chi connectivity index (χ1v) is 13.7. The fraction of sp³-hybridized carbons (Fsp3) is 0. The van der Waals surface area contributed by atoms with Gasteiger partial charge in [-0.1, -0.05) is 115 Å². The van der Waals surface area contributed by atoms with E-state index in [0.717, 1.165) is 49.2 Å². The highest BCUT2D eigenvalue weighted by Gasteiger charge is 2.21. The summed E-state index contributed by atoms with van der Waals surface area (Å²) in [7, 11) is 0. The second-order valence-electron chi connectivity index (χ2n) is 10.5. The van der Waals surface area contributed by atoms with E-state index < -0.39 is 0 Å². The molecule has 0 bridgehead atoms. The Morgan fingerprint density at radius 1 is 0.390 bits per heavy atom. The van der Waals surface area contributed by atoms with Crippen LogP contribution in [-0.2, 0) is 0 Å². The summed E-state index contributed by atoms with van der Waals surface area (Å²) in [5.74, 6) is -0.0241. The summed E-state index contributed by atoms with van der Waals surface area (Å²) < 4.78 is 2.23. The summed E-state index contributed by atoms with van der Waals surface area (Å²) in [5.41, 5.74) is 7.88. The van der Waals surface area contributed by atoms with Crippen molar-refractivity contribution >= 4 is 49.7 Å². The number of benzene rings is 6. The lowest BCUT2D eigenvalue weighted by Crippen LogP contribution is -2.01. The lowest BCUT2D eigenvalue weighted by Gasteiger charge is -2.06. The van der Waals surface area contributed by atoms with Gasteiger partial charge in [0.1, 0.15) is 0 Å². The third-order valence-corrected chi connectivity index (χ3v) is 8.09. The zero-order valence-electron chi connectivity index (χ0n) is 22.0. The Balaban J connectivity index is 1.44. The molecule has 0 atom stereocenters. The van der Waals surface area contributed by atoms with E-state index in [0.29, 0.717) is 22.3 Å². The first-order valence-electron chi connectivity index (χ1n) is 13.7. The number of carbonyl (C=O) groups excluding carboxylic acids is 2. The Labute approximate surface area is 236 Å². The lowest BCUT2D eigenvalue weighted by molar-refractivity contribution is 0.103. The maximum absolute atomic E-state index is 13.4. The van der Waals surface area contributed by atoms with E-state index in [4.69, 9.17) is 0 Å². The molecule has 0 saturated heterocycles. The molecule has 0 aliphatic carbocycles. The average Bonchev–Trinajstić information content (AvgIpc) is 3.56. The van der Waals surface area contributed by atoms with Crippen molar-refractivity contribution in [3.63, 3.8) is 0 Å². The zero-order valence-corrected chi connectivity index (χ0v) is 22.0. The summed E-state index contributed by atoms with van der Waals surface area (Å²) in [4.78, 5) is 26.9. The highest BCUT2D eigenvalue weighted by atomic mass is 16.1. The minimum Gasteiger partial charge on any atom is -0.308 e. The predicted octanol–water partition coefficient (Wildman–Crippen LogP) is 8.97. The molecule has 3 heteroatoms. The number of ketones is 2. The maximum Gasteiger partial charge on any atom is 0.193 e. The third-order valence-electron chi connectivity index (χ3n) is 8.09. The standard InChI is InChI=1S/C38H23NO2/c40-37(25-12-6-2-7-13-25)27-16-18-30-32-20-29(24-10-4-1-5-11-24)21-33-31-19-17-28(38(41)26-14-8-3-9-15-26)23-35(31)39(36(32)33)34(30)22-27/h1-23H. The molecule has 0 spiro atoms. The average molecular weight is 526 g/mol. The van der Waals surface area contributed by atoms with Crippen molar-refractivity contribution in [2.24, 2.45) is 0 Å². The largest absolute Gasteiger partial charge is 0.308 e. The number of hydrogen-bond acceptors (Lipinski definition) is 2. The molecule has 0 radical (unpaired) electrons. The van der Waals surface area contributed by atoms with E-state index in [-0.39, 0.29) is 11.6 Å². The van der Waals surface area contributed by atoms with Gasteiger partial charge in [-0.2, -0.15) is 0 Å². The fourth-order valence-electron chi connectivity index (χ4n) is 6.14. The molecule has 8 rings (SSSR count). The molecule has 192 valence electrons. The smallest absolute Gasteiger partial charge is 0.193 e. The van der Waals surface area contributed by atoms with Crippen LogP contribution in [0.3, 0.4) is 0 Å². The zero-order chi connectivity index (χ0) is 27.5. The van der Waals surface area contributed by atoms with Gasteiger partial charge < -0.3 is 4.40 Å². The monoisotopic (exact) mass is 525 g/mol. The van der Waals surface area contributed by atoms with Gasteiger partial charge in [0.25, 0.3) is 0 Å². The minimum atomic E-state index is -0.0121. The summed E-state index contributed by atoms with van der Waals surface area (Å²) in [5, 5.41) is 4.41. The summed E-state index contributed by atoms with van der Waals surface area (Å²) in [6.07, 6.45) is 0. The molecule has 2 heterocycles. The van der Waals surface area contributed by atoms with Crippen LogP contribution in [0.25, 0.3) is 49.2 Å². The Kier molecular flexibility index (Phi) is 5.13.